The van der Waals surface area contributed by atoms with Crippen LogP contribution in [-0.4, -0.2) is 9.97 Å². The van der Waals surface area contributed by atoms with E-state index in [0.29, 0.717) is 11.4 Å². The lowest BCUT2D eigenvalue weighted by Gasteiger charge is -2.13. The monoisotopic (exact) mass is 694 g/mol. The van der Waals surface area contributed by atoms with Gasteiger partial charge < -0.3 is 4.42 Å². The van der Waals surface area contributed by atoms with Gasteiger partial charge in [0.15, 0.2) is 11.4 Å². The third-order valence-corrected chi connectivity index (χ3v) is 10.1. The average Bonchev–Trinajstić information content (AvgIpc) is 3.62. The van der Waals surface area contributed by atoms with Crippen LogP contribution < -0.4 is 0 Å². The third kappa shape index (κ3) is 6.20. The van der Waals surface area contributed by atoms with E-state index in [1.165, 1.54) is 27.8 Å². The fourth-order valence-electron chi connectivity index (χ4n) is 7.49. The molecule has 0 aliphatic heterocycles. The van der Waals surface area contributed by atoms with Gasteiger partial charge in [0, 0.05) is 16.5 Å². The van der Waals surface area contributed by atoms with Crippen molar-refractivity contribution < 1.29 is 4.42 Å². The Balaban J connectivity index is 1.17. The van der Waals surface area contributed by atoms with Crippen molar-refractivity contribution in [3.8, 4) is 56.0 Å². The quantitative estimate of drug-likeness (QED) is 0.149. The zero-order valence-corrected chi connectivity index (χ0v) is 30.3. The predicted molar refractivity (Wildman–Crippen MR) is 227 cm³/mol. The highest BCUT2D eigenvalue weighted by molar-refractivity contribution is 6.10. The number of allylic oxidation sites excluding steroid dienone is 4. The first-order valence-corrected chi connectivity index (χ1v) is 18.6. The van der Waals surface area contributed by atoms with Crippen LogP contribution in [0, 0.1) is 0 Å². The van der Waals surface area contributed by atoms with Crippen molar-refractivity contribution >= 4 is 38.4 Å². The maximum atomic E-state index is 6.48. The summed E-state index contributed by atoms with van der Waals surface area (Å²) in [6.07, 6.45) is 7.59. The highest BCUT2D eigenvalue weighted by atomic mass is 16.3. The molecule has 0 N–H and O–H groups in total. The summed E-state index contributed by atoms with van der Waals surface area (Å²) in [5, 5.41) is 3.26. The molecule has 0 saturated carbocycles. The Bertz CT molecular complexity index is 2870. The van der Waals surface area contributed by atoms with Crippen molar-refractivity contribution in [1.82, 2.24) is 9.97 Å². The number of aromatic nitrogens is 2. The molecule has 0 bridgehead atoms. The minimum absolute atomic E-state index is 0.661. The van der Waals surface area contributed by atoms with Gasteiger partial charge in [-0.05, 0) is 111 Å². The van der Waals surface area contributed by atoms with Crippen LogP contribution in [0.25, 0.3) is 94.4 Å². The zero-order chi connectivity index (χ0) is 36.4. The van der Waals surface area contributed by atoms with Crippen molar-refractivity contribution in [3.05, 3.63) is 188 Å². The van der Waals surface area contributed by atoms with Crippen molar-refractivity contribution in [3.63, 3.8) is 0 Å². The van der Waals surface area contributed by atoms with Crippen LogP contribution in [0.1, 0.15) is 25.8 Å². The molecule has 0 atom stereocenters. The molecule has 0 aliphatic carbocycles. The van der Waals surface area contributed by atoms with E-state index in [1.54, 1.807) is 0 Å². The molecule has 0 unspecified atom stereocenters. The lowest BCUT2D eigenvalue weighted by Crippen LogP contribution is -1.95. The minimum Gasteiger partial charge on any atom is -0.452 e. The summed E-state index contributed by atoms with van der Waals surface area (Å²) in [5.41, 5.74) is 14.5. The molecule has 0 radical (unpaired) electrons. The SMILES string of the molecule is CC=CC(=CCC)c1cc(-c2ccccc2)cc(-c2cccc(-c3cccc(-c4nc(-c5cccc6ccccc56)c5oc6ccccc6c5n4)c3)c2)c1. The molecule has 0 spiro atoms. The predicted octanol–water partition coefficient (Wildman–Crippen LogP) is 14.2. The Morgan fingerprint density at radius 2 is 1.15 bits per heavy atom. The second-order valence-corrected chi connectivity index (χ2v) is 13.6. The van der Waals surface area contributed by atoms with Crippen LogP contribution in [0.15, 0.2) is 186 Å². The van der Waals surface area contributed by atoms with Gasteiger partial charge in [0.2, 0.25) is 0 Å². The lowest BCUT2D eigenvalue weighted by molar-refractivity contribution is 0.667. The molecule has 0 fully saturated rings. The van der Waals surface area contributed by atoms with Crippen LogP contribution in [0.5, 0.6) is 0 Å². The van der Waals surface area contributed by atoms with Crippen molar-refractivity contribution in [2.45, 2.75) is 20.3 Å². The fraction of sp³-hybridized carbons (Fsp3) is 0.0588. The molecule has 7 aromatic carbocycles. The molecule has 0 saturated heterocycles. The van der Waals surface area contributed by atoms with Crippen molar-refractivity contribution in [1.29, 1.82) is 0 Å². The van der Waals surface area contributed by atoms with E-state index in [9.17, 15) is 0 Å². The number of hydrogen-bond donors (Lipinski definition) is 0. The zero-order valence-electron chi connectivity index (χ0n) is 30.3. The molecule has 9 aromatic rings. The smallest absolute Gasteiger partial charge is 0.180 e. The molecular weight excluding hydrogens is 657 g/mol. The van der Waals surface area contributed by atoms with E-state index in [1.807, 2.05) is 18.2 Å². The number of fused-ring (bicyclic) bond motifs is 4. The van der Waals surface area contributed by atoms with Crippen LogP contribution in [0.2, 0.25) is 0 Å². The van der Waals surface area contributed by atoms with Gasteiger partial charge in [-0.25, -0.2) is 9.97 Å². The molecule has 3 heteroatoms. The number of rotatable bonds is 8. The van der Waals surface area contributed by atoms with Gasteiger partial charge in [0.05, 0.1) is 0 Å². The van der Waals surface area contributed by atoms with E-state index in [0.717, 1.165) is 67.2 Å². The Morgan fingerprint density at radius 1 is 0.556 bits per heavy atom. The highest BCUT2D eigenvalue weighted by Crippen LogP contribution is 2.39. The molecule has 2 heterocycles. The van der Waals surface area contributed by atoms with Gasteiger partial charge in [0.1, 0.15) is 16.8 Å². The summed E-state index contributed by atoms with van der Waals surface area (Å²) >= 11 is 0. The molecule has 0 aliphatic rings. The number of furan rings is 1. The van der Waals surface area contributed by atoms with Crippen molar-refractivity contribution in [2.24, 2.45) is 0 Å². The average molecular weight is 695 g/mol. The first kappa shape index (κ1) is 33.0. The lowest BCUT2D eigenvalue weighted by atomic mass is 9.91. The molecule has 3 nitrogen and oxygen atoms in total. The number of para-hydroxylation sites is 1. The minimum atomic E-state index is 0.661. The number of nitrogens with zero attached hydrogens (tertiary/aromatic N) is 2. The van der Waals surface area contributed by atoms with Gasteiger partial charge in [-0.2, -0.15) is 0 Å². The molecule has 54 heavy (non-hydrogen) atoms. The Hall–Kier alpha value is -6.84. The second kappa shape index (κ2) is 14.3. The van der Waals surface area contributed by atoms with Gasteiger partial charge in [-0.1, -0.05) is 146 Å². The summed E-state index contributed by atoms with van der Waals surface area (Å²) in [6.45, 7) is 4.27. The summed E-state index contributed by atoms with van der Waals surface area (Å²) < 4.78 is 6.48. The van der Waals surface area contributed by atoms with E-state index < -0.39 is 0 Å². The molecule has 2 aromatic heterocycles. The fourth-order valence-corrected chi connectivity index (χ4v) is 7.49. The molecular formula is C51H38N2O. The maximum absolute atomic E-state index is 6.48. The number of benzene rings is 7. The van der Waals surface area contributed by atoms with Gasteiger partial charge in [-0.15, -0.1) is 0 Å². The first-order chi connectivity index (χ1) is 26.7. The van der Waals surface area contributed by atoms with Crippen LogP contribution in [-0.2, 0) is 0 Å². The van der Waals surface area contributed by atoms with Crippen molar-refractivity contribution in [2.75, 3.05) is 0 Å². The highest BCUT2D eigenvalue weighted by Gasteiger charge is 2.20. The Morgan fingerprint density at radius 3 is 1.93 bits per heavy atom. The van der Waals surface area contributed by atoms with Crippen LogP contribution in [0.3, 0.4) is 0 Å². The summed E-state index contributed by atoms with van der Waals surface area (Å²) in [4.78, 5) is 10.4. The maximum Gasteiger partial charge on any atom is 0.180 e. The normalized spacial score (nSPS) is 12.0. The van der Waals surface area contributed by atoms with Gasteiger partial charge in [0.25, 0.3) is 0 Å². The van der Waals surface area contributed by atoms with Gasteiger partial charge in [-0.3, -0.25) is 0 Å². The molecule has 9 rings (SSSR count). The first-order valence-electron chi connectivity index (χ1n) is 18.6. The largest absolute Gasteiger partial charge is 0.452 e. The number of hydrogen-bond acceptors (Lipinski definition) is 3. The topological polar surface area (TPSA) is 38.9 Å². The standard InChI is InChI=1S/C51H38N2O/c1-3-15-34(16-4-2)41-31-42(35-17-6-5-7-18-35)33-43(32-41)39-23-12-21-37(29-39)38-22-13-24-40(30-38)51-52-48(45-27-14-20-36-19-8-9-25-44(36)45)50-49(53-51)46-26-10-11-28-47(46)54-50/h3,5-33H,4H2,1-2H3. The second-order valence-electron chi connectivity index (χ2n) is 13.6. The summed E-state index contributed by atoms with van der Waals surface area (Å²) in [6, 6.07) is 57.8. The van der Waals surface area contributed by atoms with E-state index in [2.05, 4.69) is 178 Å². The van der Waals surface area contributed by atoms with E-state index >= 15 is 0 Å². The summed E-state index contributed by atoms with van der Waals surface area (Å²) in [7, 11) is 0. The van der Waals surface area contributed by atoms with Crippen LogP contribution in [0.4, 0.5) is 0 Å². The summed E-state index contributed by atoms with van der Waals surface area (Å²) in [5.74, 6) is 0.661. The Kier molecular flexibility index (Phi) is 8.74. The Labute approximate surface area is 315 Å². The molecule has 0 amide bonds. The molecule has 258 valence electrons. The van der Waals surface area contributed by atoms with E-state index in [-0.39, 0.29) is 0 Å². The van der Waals surface area contributed by atoms with Crippen LogP contribution >= 0.6 is 0 Å². The third-order valence-electron chi connectivity index (χ3n) is 10.1. The van der Waals surface area contributed by atoms with Gasteiger partial charge >= 0.3 is 0 Å². The van der Waals surface area contributed by atoms with E-state index in [4.69, 9.17) is 14.4 Å².